The number of carbonyl (C=O) groups is 1. The number of nitrogens with zero attached hydrogens (tertiary/aromatic N) is 3. The van der Waals surface area contributed by atoms with Crippen LogP contribution in [0.5, 0.6) is 0 Å². The van der Waals surface area contributed by atoms with Crippen molar-refractivity contribution in [1.29, 1.82) is 0 Å². The van der Waals surface area contributed by atoms with Crippen LogP contribution < -0.4 is 5.32 Å². The van der Waals surface area contributed by atoms with Crippen LogP contribution in [0.15, 0.2) is 24.3 Å². The average Bonchev–Trinajstić information content (AvgIpc) is 2.97. The van der Waals surface area contributed by atoms with Crippen molar-refractivity contribution in [2.24, 2.45) is 0 Å². The minimum absolute atomic E-state index is 0.0700. The molecule has 1 amide bonds. The van der Waals surface area contributed by atoms with Crippen molar-refractivity contribution in [2.45, 2.75) is 19.4 Å². The summed E-state index contributed by atoms with van der Waals surface area (Å²) in [6, 6.07) is 7.90. The van der Waals surface area contributed by atoms with E-state index in [-0.39, 0.29) is 11.9 Å². The van der Waals surface area contributed by atoms with Gasteiger partial charge in [0.05, 0.1) is 17.1 Å². The molecule has 2 aromatic rings. The molecule has 1 aliphatic heterocycles. The molecule has 1 aromatic carbocycles. The number of benzene rings is 1. The molecule has 124 valence electrons. The Labute approximate surface area is 136 Å². The van der Waals surface area contributed by atoms with E-state index in [4.69, 9.17) is 0 Å². The topological polar surface area (TPSA) is 64.3 Å². The molecule has 0 saturated carbocycles. The van der Waals surface area contributed by atoms with Crippen LogP contribution in [-0.4, -0.2) is 71.5 Å². The number of amides is 1. The predicted molar refractivity (Wildman–Crippen MR) is 91.3 cm³/mol. The van der Waals surface area contributed by atoms with Crippen LogP contribution in [0.4, 0.5) is 0 Å². The van der Waals surface area contributed by atoms with Gasteiger partial charge in [0.2, 0.25) is 5.91 Å². The number of aromatic amines is 1. The normalized spacial score (nSPS) is 18.2. The molecule has 3 rings (SSSR count). The Morgan fingerprint density at radius 3 is 2.78 bits per heavy atom. The zero-order valence-electron chi connectivity index (χ0n) is 13.9. The summed E-state index contributed by atoms with van der Waals surface area (Å²) in [5.41, 5.74) is 2.01. The quantitative estimate of drug-likeness (QED) is 0.859. The van der Waals surface area contributed by atoms with Gasteiger partial charge in [-0.15, -0.1) is 0 Å². The molecule has 1 fully saturated rings. The van der Waals surface area contributed by atoms with Gasteiger partial charge in [-0.2, -0.15) is 0 Å². The van der Waals surface area contributed by atoms with Gasteiger partial charge in [0.15, 0.2) is 0 Å². The standard InChI is InChI=1S/C17H25N5O/c1-13(22-11-9-21(2)10-12-22)17(23)18-8-7-16-19-14-5-3-4-6-15(14)20-16/h3-6,13H,7-12H2,1-2H3,(H,18,23)(H,19,20). The van der Waals surface area contributed by atoms with E-state index in [0.717, 1.165) is 49.5 Å². The van der Waals surface area contributed by atoms with Gasteiger partial charge >= 0.3 is 0 Å². The molecular formula is C17H25N5O. The minimum Gasteiger partial charge on any atom is -0.354 e. The Bertz CT molecular complexity index is 627. The summed E-state index contributed by atoms with van der Waals surface area (Å²) in [6.07, 6.45) is 0.718. The third-order valence-electron chi connectivity index (χ3n) is 4.56. The molecule has 1 aliphatic rings. The third kappa shape index (κ3) is 3.89. The molecule has 6 nitrogen and oxygen atoms in total. The summed E-state index contributed by atoms with van der Waals surface area (Å²) in [5, 5.41) is 3.03. The largest absolute Gasteiger partial charge is 0.354 e. The highest BCUT2D eigenvalue weighted by Crippen LogP contribution is 2.10. The first-order valence-corrected chi connectivity index (χ1v) is 8.27. The molecule has 0 spiro atoms. The number of H-pyrrole nitrogens is 1. The van der Waals surface area contributed by atoms with Crippen molar-refractivity contribution >= 4 is 16.9 Å². The zero-order chi connectivity index (χ0) is 16.2. The monoisotopic (exact) mass is 315 g/mol. The van der Waals surface area contributed by atoms with Crippen molar-refractivity contribution in [3.05, 3.63) is 30.1 Å². The highest BCUT2D eigenvalue weighted by molar-refractivity contribution is 5.81. The van der Waals surface area contributed by atoms with E-state index in [1.54, 1.807) is 0 Å². The van der Waals surface area contributed by atoms with Gasteiger partial charge in [-0.3, -0.25) is 9.69 Å². The van der Waals surface area contributed by atoms with Crippen LogP contribution in [0.25, 0.3) is 11.0 Å². The van der Waals surface area contributed by atoms with Crippen molar-refractivity contribution in [2.75, 3.05) is 39.8 Å². The number of rotatable bonds is 5. The predicted octanol–water partition coefficient (Wildman–Crippen LogP) is 0.857. The second-order valence-electron chi connectivity index (χ2n) is 6.26. The fourth-order valence-electron chi connectivity index (χ4n) is 2.95. The van der Waals surface area contributed by atoms with Crippen LogP contribution in [0.1, 0.15) is 12.7 Å². The number of aromatic nitrogens is 2. The van der Waals surface area contributed by atoms with Gasteiger partial charge in [-0.05, 0) is 26.1 Å². The maximum atomic E-state index is 12.3. The lowest BCUT2D eigenvalue weighted by molar-refractivity contribution is -0.126. The third-order valence-corrected chi connectivity index (χ3v) is 4.56. The maximum Gasteiger partial charge on any atom is 0.237 e. The Morgan fingerprint density at radius 2 is 2.04 bits per heavy atom. The van der Waals surface area contributed by atoms with E-state index in [2.05, 4.69) is 32.1 Å². The van der Waals surface area contributed by atoms with Crippen LogP contribution in [0, 0.1) is 0 Å². The first-order chi connectivity index (χ1) is 11.1. The lowest BCUT2D eigenvalue weighted by atomic mass is 10.2. The van der Waals surface area contributed by atoms with Crippen LogP contribution >= 0.6 is 0 Å². The Morgan fingerprint density at radius 1 is 1.30 bits per heavy atom. The highest BCUT2D eigenvalue weighted by atomic mass is 16.2. The molecule has 1 saturated heterocycles. The lowest BCUT2D eigenvalue weighted by Gasteiger charge is -2.35. The van der Waals surface area contributed by atoms with Gasteiger partial charge in [-0.1, -0.05) is 12.1 Å². The average molecular weight is 315 g/mol. The fourth-order valence-corrected chi connectivity index (χ4v) is 2.95. The number of carbonyl (C=O) groups excluding carboxylic acids is 1. The number of hydrogen-bond donors (Lipinski definition) is 2. The van der Waals surface area contributed by atoms with E-state index < -0.39 is 0 Å². The van der Waals surface area contributed by atoms with Crippen LogP contribution in [0.3, 0.4) is 0 Å². The molecule has 0 bridgehead atoms. The second kappa shape index (κ2) is 7.10. The Balaban J connectivity index is 1.47. The molecule has 1 unspecified atom stereocenters. The van der Waals surface area contributed by atoms with Crippen molar-refractivity contribution in [3.8, 4) is 0 Å². The molecule has 6 heteroatoms. The van der Waals surface area contributed by atoms with E-state index in [1.807, 2.05) is 31.2 Å². The number of likely N-dealkylation sites (N-methyl/N-ethyl adjacent to an activating group) is 1. The fraction of sp³-hybridized carbons (Fsp3) is 0.529. The van der Waals surface area contributed by atoms with E-state index in [9.17, 15) is 4.79 Å². The van der Waals surface area contributed by atoms with E-state index in [1.165, 1.54) is 0 Å². The molecule has 1 aromatic heterocycles. The first-order valence-electron chi connectivity index (χ1n) is 8.27. The Kier molecular flexibility index (Phi) is 4.93. The molecule has 2 N–H and O–H groups in total. The molecule has 0 aliphatic carbocycles. The number of hydrogen-bond acceptors (Lipinski definition) is 4. The smallest absolute Gasteiger partial charge is 0.237 e. The lowest BCUT2D eigenvalue weighted by Crippen LogP contribution is -2.53. The molecule has 2 heterocycles. The SMILES string of the molecule is CC(C(=O)NCCc1nc2ccccc2[nH]1)N1CCN(C)CC1. The van der Waals surface area contributed by atoms with Crippen molar-refractivity contribution < 1.29 is 4.79 Å². The van der Waals surface area contributed by atoms with Crippen molar-refractivity contribution in [1.82, 2.24) is 25.1 Å². The summed E-state index contributed by atoms with van der Waals surface area (Å²) in [4.78, 5) is 24.6. The van der Waals surface area contributed by atoms with Gasteiger partial charge in [0, 0.05) is 39.1 Å². The van der Waals surface area contributed by atoms with Crippen LogP contribution in [0.2, 0.25) is 0 Å². The zero-order valence-corrected chi connectivity index (χ0v) is 13.9. The Hall–Kier alpha value is -1.92. The summed E-state index contributed by atoms with van der Waals surface area (Å²) < 4.78 is 0. The molecule has 23 heavy (non-hydrogen) atoms. The summed E-state index contributed by atoms with van der Waals surface area (Å²) >= 11 is 0. The molecule has 0 radical (unpaired) electrons. The molecular weight excluding hydrogens is 290 g/mol. The first kappa shape index (κ1) is 16.0. The van der Waals surface area contributed by atoms with Crippen molar-refractivity contribution in [3.63, 3.8) is 0 Å². The van der Waals surface area contributed by atoms with Gasteiger partial charge in [0.1, 0.15) is 5.82 Å². The van der Waals surface area contributed by atoms with Gasteiger partial charge < -0.3 is 15.2 Å². The summed E-state index contributed by atoms with van der Waals surface area (Å²) in [6.45, 7) is 6.55. The number of imidazole rings is 1. The highest BCUT2D eigenvalue weighted by Gasteiger charge is 2.23. The van der Waals surface area contributed by atoms with Gasteiger partial charge in [0.25, 0.3) is 0 Å². The summed E-state index contributed by atoms with van der Waals surface area (Å²) in [5.74, 6) is 1.02. The number of fused-ring (bicyclic) bond motifs is 1. The van der Waals surface area contributed by atoms with E-state index >= 15 is 0 Å². The van der Waals surface area contributed by atoms with Gasteiger partial charge in [-0.25, -0.2) is 4.98 Å². The minimum atomic E-state index is -0.0700. The van der Waals surface area contributed by atoms with Crippen LogP contribution in [-0.2, 0) is 11.2 Å². The number of piperazine rings is 1. The van der Waals surface area contributed by atoms with E-state index in [0.29, 0.717) is 6.54 Å². The number of nitrogens with one attached hydrogen (secondary N) is 2. The second-order valence-corrected chi connectivity index (χ2v) is 6.26. The number of para-hydroxylation sites is 2. The summed E-state index contributed by atoms with van der Waals surface area (Å²) in [7, 11) is 2.12. The molecule has 1 atom stereocenters. The maximum absolute atomic E-state index is 12.3.